The molecule has 2 fully saturated rings. The number of fused-ring (bicyclic) bond motifs is 1. The van der Waals surface area contributed by atoms with Crippen molar-refractivity contribution in [3.8, 4) is 0 Å². The third-order valence-electron chi connectivity index (χ3n) is 7.44. The number of sulfone groups is 1. The minimum atomic E-state index is -3.81. The first-order chi connectivity index (χ1) is 15.8. The first-order valence-electron chi connectivity index (χ1n) is 11.7. The summed E-state index contributed by atoms with van der Waals surface area (Å²) in [5, 5.41) is 8.65. The highest BCUT2D eigenvalue weighted by Gasteiger charge is 2.55. The number of piperidine rings is 1. The number of hydrogen-bond donors (Lipinski definition) is 0. The topological polar surface area (TPSA) is 84.6 Å². The smallest absolute Gasteiger partial charge is 0.244 e. The van der Waals surface area contributed by atoms with Crippen molar-refractivity contribution in [1.29, 1.82) is 0 Å². The van der Waals surface area contributed by atoms with Crippen LogP contribution in [0.15, 0.2) is 47.5 Å². The molecule has 3 aromatic rings. The number of carbonyl (C=O) groups is 1. The van der Waals surface area contributed by atoms with Gasteiger partial charge in [0.2, 0.25) is 5.91 Å². The molecule has 2 aromatic heterocycles. The van der Waals surface area contributed by atoms with Crippen LogP contribution in [0.5, 0.6) is 0 Å². The van der Waals surface area contributed by atoms with Crippen molar-refractivity contribution in [2.75, 3.05) is 13.1 Å². The predicted octanol–water partition coefficient (Wildman–Crippen LogP) is 3.84. The van der Waals surface area contributed by atoms with Crippen molar-refractivity contribution in [2.45, 2.75) is 67.9 Å². The monoisotopic (exact) mass is 466 g/mol. The highest BCUT2D eigenvalue weighted by Crippen LogP contribution is 2.43. The summed E-state index contributed by atoms with van der Waals surface area (Å²) in [6, 6.07) is 11.3. The highest BCUT2D eigenvalue weighted by atomic mass is 32.2. The SMILES string of the molecule is Cc1ccc(C)c(S(=O)(=O)C2(C(=O)N3CCC(c4nnc5ccccn45)CC3)CCCC2)c1. The standard InChI is InChI=1S/C25H30N4O3S/c1-18-8-9-19(2)21(17-18)33(31,32)25(12-4-5-13-25)24(30)28-15-10-20(11-16-28)23-27-26-22-7-3-6-14-29(22)23/h3,6-9,14,17,20H,4-5,10-13,15-16H2,1-2H3. The second-order valence-electron chi connectivity index (χ2n) is 9.53. The third-order valence-corrected chi connectivity index (χ3v) is 10.1. The van der Waals surface area contributed by atoms with E-state index >= 15 is 0 Å². The Morgan fingerprint density at radius 1 is 1.03 bits per heavy atom. The second kappa shape index (κ2) is 8.24. The van der Waals surface area contributed by atoms with Gasteiger partial charge in [-0.25, -0.2) is 8.42 Å². The summed E-state index contributed by atoms with van der Waals surface area (Å²) in [5.41, 5.74) is 2.41. The summed E-state index contributed by atoms with van der Waals surface area (Å²) in [7, 11) is -3.81. The van der Waals surface area contributed by atoms with E-state index in [2.05, 4.69) is 10.2 Å². The van der Waals surface area contributed by atoms with Gasteiger partial charge in [-0.2, -0.15) is 0 Å². The summed E-state index contributed by atoms with van der Waals surface area (Å²) in [5.74, 6) is 0.892. The lowest BCUT2D eigenvalue weighted by Gasteiger charge is -2.38. The van der Waals surface area contributed by atoms with Crippen molar-refractivity contribution < 1.29 is 13.2 Å². The lowest BCUT2D eigenvalue weighted by Crippen LogP contribution is -2.54. The maximum Gasteiger partial charge on any atom is 0.244 e. The Balaban J connectivity index is 1.40. The molecule has 8 heteroatoms. The Kier molecular flexibility index (Phi) is 5.51. The number of carbonyl (C=O) groups excluding carboxylic acids is 1. The summed E-state index contributed by atoms with van der Waals surface area (Å²) in [6.45, 7) is 4.78. The van der Waals surface area contributed by atoms with Crippen LogP contribution in [0.4, 0.5) is 0 Å². The molecule has 1 amide bonds. The highest BCUT2D eigenvalue weighted by molar-refractivity contribution is 7.93. The Bertz CT molecular complexity index is 1300. The molecule has 0 unspecified atom stereocenters. The lowest BCUT2D eigenvalue weighted by atomic mass is 9.94. The second-order valence-corrected chi connectivity index (χ2v) is 11.8. The van der Waals surface area contributed by atoms with Gasteiger partial charge in [0.1, 0.15) is 5.82 Å². The number of aromatic nitrogens is 3. The fourth-order valence-electron chi connectivity index (χ4n) is 5.52. The van der Waals surface area contributed by atoms with E-state index in [9.17, 15) is 13.2 Å². The summed E-state index contributed by atoms with van der Waals surface area (Å²) in [6.07, 6.45) is 5.79. The molecule has 0 radical (unpaired) electrons. The van der Waals surface area contributed by atoms with Gasteiger partial charge >= 0.3 is 0 Å². The first kappa shape index (κ1) is 22.1. The molecular formula is C25H30N4O3S. The number of amides is 1. The molecular weight excluding hydrogens is 436 g/mol. The molecule has 0 atom stereocenters. The number of benzene rings is 1. The Morgan fingerprint density at radius 3 is 2.48 bits per heavy atom. The van der Waals surface area contributed by atoms with Gasteiger partial charge < -0.3 is 4.90 Å². The van der Waals surface area contributed by atoms with Gasteiger partial charge in [0.15, 0.2) is 20.2 Å². The van der Waals surface area contributed by atoms with Gasteiger partial charge in [0.25, 0.3) is 0 Å². The Morgan fingerprint density at radius 2 is 1.76 bits per heavy atom. The van der Waals surface area contributed by atoms with Gasteiger partial charge in [-0.1, -0.05) is 31.0 Å². The quantitative estimate of drug-likeness (QED) is 0.583. The number of rotatable bonds is 4. The van der Waals surface area contributed by atoms with Crippen LogP contribution in [0.1, 0.15) is 61.4 Å². The molecule has 0 N–H and O–H groups in total. The third kappa shape index (κ3) is 3.55. The maximum absolute atomic E-state index is 13.9. The zero-order chi connectivity index (χ0) is 23.2. The van der Waals surface area contributed by atoms with Crippen LogP contribution in [0.3, 0.4) is 0 Å². The van der Waals surface area contributed by atoms with Crippen molar-refractivity contribution in [2.24, 2.45) is 0 Å². The van der Waals surface area contributed by atoms with Crippen LogP contribution in [-0.2, 0) is 14.6 Å². The van der Waals surface area contributed by atoms with E-state index in [0.717, 1.165) is 42.7 Å². The number of aryl methyl sites for hydroxylation is 2. The van der Waals surface area contributed by atoms with Crippen LogP contribution in [-0.4, -0.2) is 51.7 Å². The minimum absolute atomic E-state index is 0.196. The predicted molar refractivity (Wildman–Crippen MR) is 126 cm³/mol. The molecule has 5 rings (SSSR count). The average molecular weight is 467 g/mol. The molecule has 174 valence electrons. The minimum Gasteiger partial charge on any atom is -0.341 e. The van der Waals surface area contributed by atoms with Gasteiger partial charge in [-0.15, -0.1) is 10.2 Å². The molecule has 1 aliphatic carbocycles. The van der Waals surface area contributed by atoms with Crippen molar-refractivity contribution in [1.82, 2.24) is 19.5 Å². The molecule has 33 heavy (non-hydrogen) atoms. The largest absolute Gasteiger partial charge is 0.341 e. The number of hydrogen-bond acceptors (Lipinski definition) is 5. The molecule has 3 heterocycles. The van der Waals surface area contributed by atoms with E-state index in [1.165, 1.54) is 0 Å². The van der Waals surface area contributed by atoms with E-state index in [1.54, 1.807) is 11.0 Å². The first-order valence-corrected chi connectivity index (χ1v) is 13.2. The van der Waals surface area contributed by atoms with Crippen molar-refractivity contribution in [3.63, 3.8) is 0 Å². The molecule has 1 saturated carbocycles. The molecule has 1 aliphatic heterocycles. The van der Waals surface area contributed by atoms with Gasteiger partial charge in [-0.3, -0.25) is 9.20 Å². The summed E-state index contributed by atoms with van der Waals surface area (Å²) in [4.78, 5) is 16.0. The van der Waals surface area contributed by atoms with Gasteiger partial charge in [0, 0.05) is 25.2 Å². The van der Waals surface area contributed by atoms with Crippen LogP contribution >= 0.6 is 0 Å². The van der Waals surface area contributed by atoms with Crippen molar-refractivity contribution >= 4 is 21.4 Å². The fraction of sp³-hybridized carbons (Fsp3) is 0.480. The zero-order valence-electron chi connectivity index (χ0n) is 19.2. The average Bonchev–Trinajstić information content (AvgIpc) is 3.49. The van der Waals surface area contributed by atoms with E-state index in [1.807, 2.05) is 54.8 Å². The van der Waals surface area contributed by atoms with Crippen molar-refractivity contribution in [3.05, 3.63) is 59.5 Å². The Hall–Kier alpha value is -2.74. The van der Waals surface area contributed by atoms with E-state index in [0.29, 0.717) is 36.4 Å². The van der Waals surface area contributed by atoms with Crippen LogP contribution < -0.4 is 0 Å². The zero-order valence-corrected chi connectivity index (χ0v) is 20.0. The van der Waals surface area contributed by atoms with Crippen LogP contribution in [0.2, 0.25) is 0 Å². The molecule has 1 aromatic carbocycles. The van der Waals surface area contributed by atoms with Gasteiger partial charge in [-0.05, 0) is 68.9 Å². The molecule has 0 spiro atoms. The maximum atomic E-state index is 13.9. The summed E-state index contributed by atoms with van der Waals surface area (Å²) >= 11 is 0. The number of likely N-dealkylation sites (tertiary alicyclic amines) is 1. The molecule has 1 saturated heterocycles. The normalized spacial score (nSPS) is 19.3. The van der Waals surface area contributed by atoms with E-state index in [4.69, 9.17) is 0 Å². The fourth-order valence-corrected chi connectivity index (χ4v) is 7.96. The molecule has 0 bridgehead atoms. The molecule has 2 aliphatic rings. The van der Waals surface area contributed by atoms with Crippen LogP contribution in [0.25, 0.3) is 5.65 Å². The van der Waals surface area contributed by atoms with Crippen LogP contribution in [0, 0.1) is 13.8 Å². The van der Waals surface area contributed by atoms with E-state index < -0.39 is 14.6 Å². The van der Waals surface area contributed by atoms with E-state index in [-0.39, 0.29) is 11.8 Å². The summed E-state index contributed by atoms with van der Waals surface area (Å²) < 4.78 is 28.5. The lowest BCUT2D eigenvalue weighted by molar-refractivity contribution is -0.135. The molecule has 7 nitrogen and oxygen atoms in total. The number of pyridine rings is 1. The Labute approximate surface area is 194 Å². The number of nitrogens with zero attached hydrogens (tertiary/aromatic N) is 4. The van der Waals surface area contributed by atoms with Gasteiger partial charge in [0.05, 0.1) is 4.90 Å².